The van der Waals surface area contributed by atoms with Gasteiger partial charge in [0.1, 0.15) is 11.1 Å². The van der Waals surface area contributed by atoms with Gasteiger partial charge in [-0.05, 0) is 48.9 Å². The van der Waals surface area contributed by atoms with Crippen molar-refractivity contribution < 1.29 is 4.79 Å². The first-order valence-electron chi connectivity index (χ1n) is 10.4. The number of rotatable bonds is 7. The highest BCUT2D eigenvalue weighted by Crippen LogP contribution is 2.35. The molecule has 32 heavy (non-hydrogen) atoms. The van der Waals surface area contributed by atoms with Crippen molar-refractivity contribution in [1.82, 2.24) is 4.98 Å². The molecule has 7 heteroatoms. The second-order valence-electron chi connectivity index (χ2n) is 7.42. The number of Topliss-reactive ketones (excluding diaryl/α,β-unsaturated/α-hetero) is 1. The standard InChI is InChI=1S/C25H21ClN4OS/c26-19-12-10-17(11-13-19)15-28-30-24-21-9-5-4-8-20(21)22(14-27)25(29-24)32-16-23(31)18-6-2-1-3-7-18/h1-3,6-7,10-13,15H,4-5,8-9,16H2,(H,29,30)/b28-15+. The van der Waals surface area contributed by atoms with Crippen molar-refractivity contribution in [2.75, 3.05) is 11.2 Å². The lowest BCUT2D eigenvalue weighted by Gasteiger charge is -2.21. The van der Waals surface area contributed by atoms with Crippen LogP contribution in [0.15, 0.2) is 64.7 Å². The Morgan fingerprint density at radius 3 is 2.56 bits per heavy atom. The van der Waals surface area contributed by atoms with E-state index in [2.05, 4.69) is 16.6 Å². The molecule has 4 rings (SSSR count). The lowest BCUT2D eigenvalue weighted by atomic mass is 9.89. The second kappa shape index (κ2) is 10.4. The molecule has 0 saturated carbocycles. The van der Waals surface area contributed by atoms with Crippen molar-refractivity contribution in [2.24, 2.45) is 5.10 Å². The Morgan fingerprint density at radius 2 is 1.84 bits per heavy atom. The molecule has 1 heterocycles. The highest BCUT2D eigenvalue weighted by atomic mass is 35.5. The van der Waals surface area contributed by atoms with E-state index in [1.165, 1.54) is 11.8 Å². The van der Waals surface area contributed by atoms with Crippen LogP contribution >= 0.6 is 23.4 Å². The zero-order valence-corrected chi connectivity index (χ0v) is 18.9. The van der Waals surface area contributed by atoms with Crippen LogP contribution in [0.25, 0.3) is 0 Å². The van der Waals surface area contributed by atoms with Gasteiger partial charge in [0.2, 0.25) is 0 Å². The monoisotopic (exact) mass is 460 g/mol. The smallest absolute Gasteiger partial charge is 0.173 e. The van der Waals surface area contributed by atoms with Gasteiger partial charge in [-0.2, -0.15) is 10.4 Å². The van der Waals surface area contributed by atoms with Crippen molar-refractivity contribution in [3.8, 4) is 6.07 Å². The van der Waals surface area contributed by atoms with Crippen LogP contribution in [0, 0.1) is 11.3 Å². The number of pyridine rings is 1. The Bertz CT molecular complexity index is 1190. The normalized spacial score (nSPS) is 12.9. The average molecular weight is 461 g/mol. The van der Waals surface area contributed by atoms with E-state index in [9.17, 15) is 10.1 Å². The highest BCUT2D eigenvalue weighted by molar-refractivity contribution is 8.00. The van der Waals surface area contributed by atoms with E-state index in [1.807, 2.05) is 42.5 Å². The number of nitriles is 1. The lowest BCUT2D eigenvalue weighted by Crippen LogP contribution is -2.12. The van der Waals surface area contributed by atoms with Gasteiger partial charge in [-0.15, -0.1) is 0 Å². The van der Waals surface area contributed by atoms with Crippen LogP contribution in [0.4, 0.5) is 5.82 Å². The van der Waals surface area contributed by atoms with E-state index >= 15 is 0 Å². The molecule has 0 spiro atoms. The van der Waals surface area contributed by atoms with Gasteiger partial charge in [-0.1, -0.05) is 65.8 Å². The SMILES string of the molecule is N#Cc1c(SCC(=O)c2ccccc2)nc(N/N=C/c2ccc(Cl)cc2)c2c1CCCC2. The molecule has 3 aromatic rings. The topological polar surface area (TPSA) is 78.1 Å². The van der Waals surface area contributed by atoms with Crippen LogP contribution in [0.1, 0.15) is 45.5 Å². The zero-order chi connectivity index (χ0) is 22.3. The Hall–Kier alpha value is -3.14. The number of benzene rings is 2. The third kappa shape index (κ3) is 5.18. The van der Waals surface area contributed by atoms with Gasteiger partial charge in [-0.3, -0.25) is 10.2 Å². The van der Waals surface area contributed by atoms with Crippen LogP contribution < -0.4 is 5.43 Å². The van der Waals surface area contributed by atoms with Crippen LogP contribution in [-0.2, 0) is 12.8 Å². The Kier molecular flexibility index (Phi) is 7.21. The number of halogens is 1. The zero-order valence-electron chi connectivity index (χ0n) is 17.3. The van der Waals surface area contributed by atoms with Crippen molar-refractivity contribution >= 4 is 41.2 Å². The van der Waals surface area contributed by atoms with Gasteiger partial charge in [0.05, 0.1) is 17.5 Å². The first-order chi connectivity index (χ1) is 15.7. The molecule has 5 nitrogen and oxygen atoms in total. The quantitative estimate of drug-likeness (QED) is 0.205. The minimum Gasteiger partial charge on any atom is -0.293 e. The Balaban J connectivity index is 1.59. The number of aromatic nitrogens is 1. The molecule has 1 aromatic heterocycles. The minimum absolute atomic E-state index is 0.00859. The first kappa shape index (κ1) is 22.1. The summed E-state index contributed by atoms with van der Waals surface area (Å²) in [4.78, 5) is 17.3. The summed E-state index contributed by atoms with van der Waals surface area (Å²) in [5.41, 5.74) is 7.27. The lowest BCUT2D eigenvalue weighted by molar-refractivity contribution is 0.102. The molecule has 1 N–H and O–H groups in total. The summed E-state index contributed by atoms with van der Waals surface area (Å²) in [6.45, 7) is 0. The van der Waals surface area contributed by atoms with Crippen LogP contribution in [0.5, 0.6) is 0 Å². The molecule has 1 aliphatic rings. The summed E-state index contributed by atoms with van der Waals surface area (Å²) >= 11 is 7.24. The molecule has 0 amide bonds. The van der Waals surface area contributed by atoms with E-state index in [4.69, 9.17) is 16.6 Å². The van der Waals surface area contributed by atoms with E-state index < -0.39 is 0 Å². The molecule has 0 atom stereocenters. The summed E-state index contributed by atoms with van der Waals surface area (Å²) in [7, 11) is 0. The summed E-state index contributed by atoms with van der Waals surface area (Å²) in [5.74, 6) is 0.880. The molecule has 0 saturated heterocycles. The largest absolute Gasteiger partial charge is 0.293 e. The molecule has 0 bridgehead atoms. The minimum atomic E-state index is 0.00859. The molecule has 160 valence electrons. The Morgan fingerprint density at radius 1 is 1.12 bits per heavy atom. The van der Waals surface area contributed by atoms with E-state index in [-0.39, 0.29) is 11.5 Å². The highest BCUT2D eigenvalue weighted by Gasteiger charge is 2.23. The fourth-order valence-electron chi connectivity index (χ4n) is 3.67. The van der Waals surface area contributed by atoms with Crippen LogP contribution in [-0.4, -0.2) is 22.7 Å². The average Bonchev–Trinajstić information content (AvgIpc) is 2.84. The third-order valence-corrected chi connectivity index (χ3v) is 6.51. The van der Waals surface area contributed by atoms with Gasteiger partial charge in [0.25, 0.3) is 0 Å². The maximum absolute atomic E-state index is 12.6. The fraction of sp³-hybridized carbons (Fsp3) is 0.200. The predicted molar refractivity (Wildman–Crippen MR) is 130 cm³/mol. The number of nitrogens with one attached hydrogen (secondary N) is 1. The van der Waals surface area contributed by atoms with Crippen molar-refractivity contribution in [1.29, 1.82) is 5.26 Å². The maximum atomic E-state index is 12.6. The van der Waals surface area contributed by atoms with Crippen molar-refractivity contribution in [2.45, 2.75) is 30.7 Å². The van der Waals surface area contributed by atoms with Gasteiger partial charge < -0.3 is 0 Å². The van der Waals surface area contributed by atoms with Gasteiger partial charge in [0.15, 0.2) is 11.6 Å². The number of carbonyl (C=O) groups is 1. The number of ketones is 1. The number of anilines is 1. The molecule has 0 fully saturated rings. The number of thioether (sulfide) groups is 1. The molecule has 0 aliphatic heterocycles. The van der Waals surface area contributed by atoms with E-state index in [0.29, 0.717) is 27.0 Å². The fourth-order valence-corrected chi connectivity index (χ4v) is 4.70. The second-order valence-corrected chi connectivity index (χ2v) is 8.82. The molecule has 0 radical (unpaired) electrons. The Labute approximate surface area is 196 Å². The first-order valence-corrected chi connectivity index (χ1v) is 11.7. The van der Waals surface area contributed by atoms with Gasteiger partial charge in [-0.25, -0.2) is 4.98 Å². The molecule has 0 unspecified atom stereocenters. The predicted octanol–water partition coefficient (Wildman–Crippen LogP) is 5.91. The van der Waals surface area contributed by atoms with Gasteiger partial charge >= 0.3 is 0 Å². The summed E-state index contributed by atoms with van der Waals surface area (Å²) in [5, 5.41) is 15.4. The summed E-state index contributed by atoms with van der Waals surface area (Å²) in [6, 6.07) is 18.9. The molecule has 2 aromatic carbocycles. The van der Waals surface area contributed by atoms with Crippen molar-refractivity contribution in [3.63, 3.8) is 0 Å². The number of carbonyl (C=O) groups excluding carboxylic acids is 1. The number of fused-ring (bicyclic) bond motifs is 1. The van der Waals surface area contributed by atoms with Crippen LogP contribution in [0.2, 0.25) is 5.02 Å². The third-order valence-electron chi connectivity index (χ3n) is 5.28. The molecular formula is C25H21ClN4OS. The maximum Gasteiger partial charge on any atom is 0.173 e. The number of hydrogen-bond acceptors (Lipinski definition) is 6. The number of hydrazone groups is 1. The summed E-state index contributed by atoms with van der Waals surface area (Å²) < 4.78 is 0. The number of hydrogen-bond donors (Lipinski definition) is 1. The van der Waals surface area contributed by atoms with Crippen molar-refractivity contribution in [3.05, 3.63) is 87.4 Å². The van der Waals surface area contributed by atoms with E-state index in [0.717, 1.165) is 42.4 Å². The van der Waals surface area contributed by atoms with Crippen LogP contribution in [0.3, 0.4) is 0 Å². The number of nitrogens with zero attached hydrogens (tertiary/aromatic N) is 3. The summed E-state index contributed by atoms with van der Waals surface area (Å²) in [6.07, 6.45) is 5.47. The molecule has 1 aliphatic carbocycles. The molecular weight excluding hydrogens is 440 g/mol. The van der Waals surface area contributed by atoms with E-state index in [1.54, 1.807) is 18.3 Å². The van der Waals surface area contributed by atoms with Gasteiger partial charge in [0, 0.05) is 16.1 Å².